The number of nitrogens with zero attached hydrogens (tertiary/aromatic N) is 4. The highest BCUT2D eigenvalue weighted by atomic mass is 32.1. The third kappa shape index (κ3) is 1.88. The number of nitro groups is 1. The lowest BCUT2D eigenvalue weighted by molar-refractivity contribution is -0.389. The van der Waals surface area contributed by atoms with E-state index in [-0.39, 0.29) is 17.5 Å². The Labute approximate surface area is 112 Å². The van der Waals surface area contributed by atoms with E-state index >= 15 is 0 Å². The summed E-state index contributed by atoms with van der Waals surface area (Å²) in [5.41, 5.74) is 0. The van der Waals surface area contributed by atoms with E-state index in [4.69, 9.17) is 0 Å². The van der Waals surface area contributed by atoms with Crippen molar-refractivity contribution in [2.75, 3.05) is 18.0 Å². The number of Topliss-reactive ketones (excluding diaryl/α,β-unsaturated/α-hetero) is 1. The van der Waals surface area contributed by atoms with Gasteiger partial charge in [0.15, 0.2) is 0 Å². The van der Waals surface area contributed by atoms with Crippen LogP contribution in [0.4, 0.5) is 11.6 Å². The van der Waals surface area contributed by atoms with E-state index < -0.39 is 4.92 Å². The molecule has 100 valence electrons. The first-order valence-electron chi connectivity index (χ1n) is 5.95. The van der Waals surface area contributed by atoms with Crippen molar-refractivity contribution in [1.29, 1.82) is 0 Å². The van der Waals surface area contributed by atoms with Gasteiger partial charge in [-0.2, -0.15) is 9.38 Å². The van der Waals surface area contributed by atoms with Gasteiger partial charge in [-0.25, -0.2) is 0 Å². The van der Waals surface area contributed by atoms with E-state index in [9.17, 15) is 14.9 Å². The Morgan fingerprint density at radius 3 is 3.05 bits per heavy atom. The molecular formula is C11H12N4O3S. The van der Waals surface area contributed by atoms with Crippen molar-refractivity contribution in [3.63, 3.8) is 0 Å². The SMILES string of the molecule is CC1CN(c2nc3sccn3c2[N+](=O)[O-])CCC1=O. The van der Waals surface area contributed by atoms with Gasteiger partial charge in [-0.3, -0.25) is 4.79 Å². The fourth-order valence-electron chi connectivity index (χ4n) is 2.35. The number of imidazole rings is 1. The molecule has 1 aliphatic rings. The molecule has 0 radical (unpaired) electrons. The van der Waals surface area contributed by atoms with Crippen LogP contribution in [-0.2, 0) is 4.79 Å². The highest BCUT2D eigenvalue weighted by Gasteiger charge is 2.32. The van der Waals surface area contributed by atoms with Crippen LogP contribution < -0.4 is 4.90 Å². The van der Waals surface area contributed by atoms with E-state index in [1.807, 2.05) is 11.8 Å². The molecule has 1 saturated heterocycles. The van der Waals surface area contributed by atoms with Gasteiger partial charge in [0.1, 0.15) is 12.0 Å². The number of anilines is 1. The summed E-state index contributed by atoms with van der Waals surface area (Å²) in [6.07, 6.45) is 2.07. The first kappa shape index (κ1) is 12.1. The largest absolute Gasteiger partial charge is 0.373 e. The van der Waals surface area contributed by atoms with Gasteiger partial charge in [0.2, 0.25) is 5.82 Å². The average molecular weight is 280 g/mol. The molecule has 0 saturated carbocycles. The Hall–Kier alpha value is -1.96. The molecule has 0 aromatic carbocycles. The molecule has 3 heterocycles. The summed E-state index contributed by atoms with van der Waals surface area (Å²) in [6, 6.07) is 0. The Morgan fingerprint density at radius 2 is 2.37 bits per heavy atom. The lowest BCUT2D eigenvalue weighted by Gasteiger charge is -2.29. The molecule has 0 spiro atoms. The van der Waals surface area contributed by atoms with Crippen LogP contribution in [0.1, 0.15) is 13.3 Å². The number of piperidine rings is 1. The van der Waals surface area contributed by atoms with Crippen LogP contribution in [0.2, 0.25) is 0 Å². The summed E-state index contributed by atoms with van der Waals surface area (Å²) in [7, 11) is 0. The molecule has 0 bridgehead atoms. The molecule has 1 unspecified atom stereocenters. The van der Waals surface area contributed by atoms with Crippen molar-refractivity contribution in [2.24, 2.45) is 5.92 Å². The Kier molecular flexibility index (Phi) is 2.74. The molecular weight excluding hydrogens is 268 g/mol. The Morgan fingerprint density at radius 1 is 1.58 bits per heavy atom. The standard InChI is InChI=1S/C11H12N4O3S/c1-7-6-13(3-2-8(7)16)9-10(15(17)18)14-4-5-19-11(14)12-9/h4-5,7H,2-3,6H2,1H3. The normalized spacial score (nSPS) is 20.2. The second-order valence-corrected chi connectivity index (χ2v) is 5.51. The fourth-order valence-corrected chi connectivity index (χ4v) is 3.06. The zero-order valence-electron chi connectivity index (χ0n) is 10.3. The zero-order valence-corrected chi connectivity index (χ0v) is 11.1. The maximum atomic E-state index is 11.5. The van der Waals surface area contributed by atoms with Crippen molar-refractivity contribution in [2.45, 2.75) is 13.3 Å². The number of ketones is 1. The molecule has 2 aromatic rings. The predicted octanol–water partition coefficient (Wildman–Crippen LogP) is 1.72. The quantitative estimate of drug-likeness (QED) is 0.618. The minimum Gasteiger partial charge on any atom is -0.358 e. The molecule has 3 rings (SSSR count). The lowest BCUT2D eigenvalue weighted by Crippen LogP contribution is -2.40. The van der Waals surface area contributed by atoms with E-state index in [0.29, 0.717) is 30.3 Å². The van der Waals surface area contributed by atoms with Crippen LogP contribution in [0.15, 0.2) is 11.6 Å². The van der Waals surface area contributed by atoms with Gasteiger partial charge in [-0.15, -0.1) is 0 Å². The number of rotatable bonds is 2. The Bertz CT molecular complexity index is 662. The summed E-state index contributed by atoms with van der Waals surface area (Å²) < 4.78 is 1.49. The number of carbonyl (C=O) groups is 1. The van der Waals surface area contributed by atoms with Gasteiger partial charge in [0, 0.05) is 30.8 Å². The number of thiazole rings is 1. The number of carbonyl (C=O) groups excluding carboxylic acids is 1. The third-order valence-electron chi connectivity index (χ3n) is 3.36. The fraction of sp³-hybridized carbons (Fsp3) is 0.455. The maximum Gasteiger partial charge on any atom is 0.373 e. The number of hydrogen-bond acceptors (Lipinski definition) is 6. The molecule has 7 nitrogen and oxygen atoms in total. The highest BCUT2D eigenvalue weighted by molar-refractivity contribution is 7.15. The van der Waals surface area contributed by atoms with Crippen LogP contribution >= 0.6 is 11.3 Å². The highest BCUT2D eigenvalue weighted by Crippen LogP contribution is 2.32. The number of aromatic nitrogens is 2. The van der Waals surface area contributed by atoms with Gasteiger partial charge in [-0.05, 0) is 4.92 Å². The minimum atomic E-state index is -0.414. The summed E-state index contributed by atoms with van der Waals surface area (Å²) >= 11 is 1.36. The van der Waals surface area contributed by atoms with Crippen molar-refractivity contribution in [3.05, 3.63) is 21.7 Å². The molecule has 1 aliphatic heterocycles. The van der Waals surface area contributed by atoms with E-state index in [1.165, 1.54) is 15.7 Å². The average Bonchev–Trinajstić information content (AvgIpc) is 2.91. The van der Waals surface area contributed by atoms with Gasteiger partial charge in [-0.1, -0.05) is 18.3 Å². The molecule has 0 aliphatic carbocycles. The van der Waals surface area contributed by atoms with Crippen LogP contribution in [0.25, 0.3) is 4.96 Å². The molecule has 1 fully saturated rings. The third-order valence-corrected chi connectivity index (χ3v) is 4.12. The Balaban J connectivity index is 2.04. The van der Waals surface area contributed by atoms with Gasteiger partial charge >= 0.3 is 5.82 Å². The molecule has 0 N–H and O–H groups in total. The number of fused-ring (bicyclic) bond motifs is 1. The van der Waals surface area contributed by atoms with Gasteiger partial charge in [0.05, 0.1) is 0 Å². The van der Waals surface area contributed by atoms with E-state index in [1.54, 1.807) is 11.6 Å². The van der Waals surface area contributed by atoms with Crippen molar-refractivity contribution < 1.29 is 9.72 Å². The zero-order chi connectivity index (χ0) is 13.6. The molecule has 0 amide bonds. The molecule has 19 heavy (non-hydrogen) atoms. The van der Waals surface area contributed by atoms with Crippen molar-refractivity contribution in [1.82, 2.24) is 9.38 Å². The van der Waals surface area contributed by atoms with Crippen molar-refractivity contribution >= 4 is 33.7 Å². The van der Waals surface area contributed by atoms with Gasteiger partial charge < -0.3 is 15.0 Å². The topological polar surface area (TPSA) is 80.8 Å². The molecule has 1 atom stereocenters. The summed E-state index contributed by atoms with van der Waals surface area (Å²) in [4.78, 5) is 29.1. The van der Waals surface area contributed by atoms with Gasteiger partial charge in [0.25, 0.3) is 4.96 Å². The van der Waals surface area contributed by atoms with E-state index in [2.05, 4.69) is 4.98 Å². The summed E-state index contributed by atoms with van der Waals surface area (Å²) in [6.45, 7) is 2.83. The summed E-state index contributed by atoms with van der Waals surface area (Å²) in [5.74, 6) is 0.460. The van der Waals surface area contributed by atoms with Crippen molar-refractivity contribution in [3.8, 4) is 0 Å². The molecule has 2 aromatic heterocycles. The second kappa shape index (κ2) is 4.30. The number of hydrogen-bond donors (Lipinski definition) is 0. The first-order chi connectivity index (χ1) is 9.08. The minimum absolute atomic E-state index is 0.0159. The predicted molar refractivity (Wildman–Crippen MR) is 70.7 cm³/mol. The molecule has 8 heteroatoms. The van der Waals surface area contributed by atoms with E-state index in [0.717, 1.165) is 0 Å². The summed E-state index contributed by atoms with van der Waals surface area (Å²) in [5, 5.41) is 13.0. The van der Waals surface area contributed by atoms with Crippen LogP contribution in [-0.4, -0.2) is 33.2 Å². The first-order valence-corrected chi connectivity index (χ1v) is 6.83. The lowest BCUT2D eigenvalue weighted by atomic mass is 9.99. The smallest absolute Gasteiger partial charge is 0.358 e. The van der Waals surface area contributed by atoms with Crippen LogP contribution in [0.3, 0.4) is 0 Å². The van der Waals surface area contributed by atoms with Crippen LogP contribution in [0.5, 0.6) is 0 Å². The second-order valence-electron chi connectivity index (χ2n) is 4.64. The monoisotopic (exact) mass is 280 g/mol. The van der Waals surface area contributed by atoms with Crippen LogP contribution in [0, 0.1) is 16.0 Å². The maximum absolute atomic E-state index is 11.5.